The Kier molecular flexibility index (Phi) is 9.27. The zero-order valence-corrected chi connectivity index (χ0v) is 22.8. The van der Waals surface area contributed by atoms with Crippen molar-refractivity contribution in [2.45, 2.75) is 26.7 Å². The van der Waals surface area contributed by atoms with Gasteiger partial charge in [0.2, 0.25) is 0 Å². The second-order valence-electron chi connectivity index (χ2n) is 9.09. The Labute approximate surface area is 228 Å². The molecule has 9 heteroatoms. The van der Waals surface area contributed by atoms with E-state index in [9.17, 15) is 9.59 Å². The van der Waals surface area contributed by atoms with E-state index in [2.05, 4.69) is 34.0 Å². The zero-order chi connectivity index (χ0) is 27.8. The Balaban J connectivity index is 1.76. The molecule has 1 aliphatic rings. The molecule has 0 aliphatic heterocycles. The molecule has 0 saturated carbocycles. The highest BCUT2D eigenvalue weighted by molar-refractivity contribution is 6.34. The highest BCUT2D eigenvalue weighted by Gasteiger charge is 2.22. The molecule has 3 aromatic rings. The summed E-state index contributed by atoms with van der Waals surface area (Å²) >= 11 is 0. The summed E-state index contributed by atoms with van der Waals surface area (Å²) in [4.78, 5) is 36.2. The first-order chi connectivity index (χ1) is 19.0. The minimum atomic E-state index is -0.205. The fraction of sp³-hybridized carbons (Fsp3) is 0.333. The lowest BCUT2D eigenvalue weighted by molar-refractivity contribution is -0.113. The van der Waals surface area contributed by atoms with Crippen LogP contribution < -0.4 is 19.7 Å². The van der Waals surface area contributed by atoms with Crippen LogP contribution in [0.2, 0.25) is 0 Å². The van der Waals surface area contributed by atoms with Gasteiger partial charge in [-0.05, 0) is 55.3 Å². The normalized spacial score (nSPS) is 13.0. The van der Waals surface area contributed by atoms with Crippen molar-refractivity contribution in [3.63, 3.8) is 0 Å². The number of fused-ring (bicyclic) bond motifs is 1. The lowest BCUT2D eigenvalue weighted by atomic mass is 9.94. The largest absolute Gasteiger partial charge is 0.493 e. The predicted molar refractivity (Wildman–Crippen MR) is 153 cm³/mol. The van der Waals surface area contributed by atoms with Crippen LogP contribution in [-0.4, -0.2) is 62.1 Å². The van der Waals surface area contributed by atoms with Gasteiger partial charge in [-0.2, -0.15) is 0 Å². The van der Waals surface area contributed by atoms with Crippen molar-refractivity contribution in [1.82, 2.24) is 9.97 Å². The van der Waals surface area contributed by atoms with Gasteiger partial charge in [0.05, 0.1) is 19.2 Å². The number of aromatic nitrogens is 2. The Hall–Kier alpha value is -4.24. The molecule has 0 radical (unpaired) electrons. The summed E-state index contributed by atoms with van der Waals surface area (Å²) < 4.78 is 16.4. The number of nitrogens with one attached hydrogen (secondary N) is 1. The van der Waals surface area contributed by atoms with Crippen molar-refractivity contribution in [2.24, 2.45) is 0 Å². The maximum atomic E-state index is 12.9. The molecular formula is C30H34N4O5. The van der Waals surface area contributed by atoms with Gasteiger partial charge in [0.25, 0.3) is 0 Å². The van der Waals surface area contributed by atoms with Crippen LogP contribution in [0.4, 0.5) is 17.2 Å². The Morgan fingerprint density at radius 3 is 2.44 bits per heavy atom. The van der Waals surface area contributed by atoms with E-state index in [1.165, 1.54) is 24.6 Å². The summed E-state index contributed by atoms with van der Waals surface area (Å²) in [7, 11) is 3.19. The van der Waals surface area contributed by atoms with Gasteiger partial charge in [0.15, 0.2) is 23.1 Å². The molecular weight excluding hydrogens is 496 g/mol. The number of benzene rings is 2. The van der Waals surface area contributed by atoms with Gasteiger partial charge in [-0.25, -0.2) is 9.97 Å². The van der Waals surface area contributed by atoms with Gasteiger partial charge in [-0.3, -0.25) is 9.59 Å². The number of ether oxygens (including phenoxy) is 3. The fourth-order valence-corrected chi connectivity index (χ4v) is 4.53. The van der Waals surface area contributed by atoms with Gasteiger partial charge < -0.3 is 24.4 Å². The first-order valence-electron chi connectivity index (χ1n) is 13.1. The van der Waals surface area contributed by atoms with E-state index < -0.39 is 0 Å². The van der Waals surface area contributed by atoms with E-state index in [0.29, 0.717) is 47.2 Å². The maximum absolute atomic E-state index is 12.9. The molecule has 1 aromatic heterocycles. The zero-order valence-electron chi connectivity index (χ0n) is 22.8. The molecule has 204 valence electrons. The van der Waals surface area contributed by atoms with Crippen molar-refractivity contribution >= 4 is 45.2 Å². The maximum Gasteiger partial charge on any atom is 0.186 e. The van der Waals surface area contributed by atoms with Crippen LogP contribution in [0.3, 0.4) is 0 Å². The number of methoxy groups -OCH3 is 2. The predicted octanol–water partition coefficient (Wildman–Crippen LogP) is 5.13. The third kappa shape index (κ3) is 6.43. The molecule has 0 fully saturated rings. The number of hydrogen-bond donors (Lipinski definition) is 1. The van der Waals surface area contributed by atoms with E-state index in [4.69, 9.17) is 14.2 Å². The lowest BCUT2D eigenvalue weighted by Gasteiger charge is -2.27. The number of hydrogen-bond acceptors (Lipinski definition) is 9. The molecule has 9 nitrogen and oxygen atoms in total. The number of anilines is 3. The van der Waals surface area contributed by atoms with Gasteiger partial charge in [-0.1, -0.05) is 13.8 Å². The third-order valence-electron chi connectivity index (χ3n) is 6.29. The third-order valence-corrected chi connectivity index (χ3v) is 6.29. The van der Waals surface area contributed by atoms with E-state index in [1.54, 1.807) is 14.2 Å². The number of allylic oxidation sites excluding steroid dienone is 4. The SMILES string of the molecule is CCCN(CCC)c1ccc(Nc2ncnc3cc(OCCOC)c(OC)cc23)cc1C1=CC(=O)C=CC1=O. The molecule has 1 aliphatic carbocycles. The van der Waals surface area contributed by atoms with E-state index >= 15 is 0 Å². The average molecular weight is 531 g/mol. The van der Waals surface area contributed by atoms with Crippen LogP contribution in [0.25, 0.3) is 16.5 Å². The molecule has 2 aromatic carbocycles. The highest BCUT2D eigenvalue weighted by Crippen LogP contribution is 2.37. The number of rotatable bonds is 13. The summed E-state index contributed by atoms with van der Waals surface area (Å²) in [5.74, 6) is 1.28. The summed E-state index contributed by atoms with van der Waals surface area (Å²) in [6.45, 7) is 6.75. The van der Waals surface area contributed by atoms with Crippen LogP contribution in [0.5, 0.6) is 11.5 Å². The number of nitrogens with zero attached hydrogens (tertiary/aromatic N) is 3. The smallest absolute Gasteiger partial charge is 0.186 e. The second kappa shape index (κ2) is 13.0. The van der Waals surface area contributed by atoms with Gasteiger partial charge in [-0.15, -0.1) is 0 Å². The first-order valence-corrected chi connectivity index (χ1v) is 13.1. The molecule has 0 saturated heterocycles. The molecule has 0 spiro atoms. The number of carbonyl (C=O) groups excluding carboxylic acids is 2. The van der Waals surface area contributed by atoms with Crippen LogP contribution in [-0.2, 0) is 14.3 Å². The van der Waals surface area contributed by atoms with Crippen molar-refractivity contribution in [1.29, 1.82) is 0 Å². The summed E-state index contributed by atoms with van der Waals surface area (Å²) in [6.07, 6.45) is 7.44. The van der Waals surface area contributed by atoms with Crippen molar-refractivity contribution in [3.8, 4) is 11.5 Å². The summed E-state index contributed by atoms with van der Waals surface area (Å²) in [6, 6.07) is 9.48. The molecule has 0 bridgehead atoms. The van der Waals surface area contributed by atoms with Crippen LogP contribution in [0, 0.1) is 0 Å². The first kappa shape index (κ1) is 27.8. The summed E-state index contributed by atoms with van der Waals surface area (Å²) in [5, 5.41) is 4.12. The van der Waals surface area contributed by atoms with Crippen LogP contribution in [0.1, 0.15) is 32.3 Å². The van der Waals surface area contributed by atoms with Crippen LogP contribution in [0.15, 0.2) is 54.9 Å². The van der Waals surface area contributed by atoms with Gasteiger partial charge in [0.1, 0.15) is 18.8 Å². The van der Waals surface area contributed by atoms with E-state index in [1.807, 2.05) is 30.3 Å². The molecule has 39 heavy (non-hydrogen) atoms. The van der Waals surface area contributed by atoms with Crippen molar-refractivity contribution in [3.05, 3.63) is 60.5 Å². The Morgan fingerprint density at radius 1 is 0.923 bits per heavy atom. The molecule has 4 rings (SSSR count). The number of carbonyl (C=O) groups is 2. The van der Waals surface area contributed by atoms with Crippen LogP contribution >= 0.6 is 0 Å². The van der Waals surface area contributed by atoms with Gasteiger partial charge >= 0.3 is 0 Å². The van der Waals surface area contributed by atoms with Crippen molar-refractivity contribution < 1.29 is 23.8 Å². The number of ketones is 2. The topological polar surface area (TPSA) is 103 Å². The lowest BCUT2D eigenvalue weighted by Crippen LogP contribution is -2.26. The van der Waals surface area contributed by atoms with E-state index in [0.717, 1.165) is 42.7 Å². The average Bonchev–Trinajstić information content (AvgIpc) is 2.94. The molecule has 1 N–H and O–H groups in total. The minimum absolute atomic E-state index is 0.195. The quantitative estimate of drug-likeness (QED) is 0.238. The highest BCUT2D eigenvalue weighted by atomic mass is 16.5. The molecule has 1 heterocycles. The van der Waals surface area contributed by atoms with Crippen molar-refractivity contribution in [2.75, 3.05) is 50.7 Å². The van der Waals surface area contributed by atoms with Gasteiger partial charge in [0, 0.05) is 54.2 Å². The Bertz CT molecular complexity index is 1410. The Morgan fingerprint density at radius 2 is 1.72 bits per heavy atom. The fourth-order valence-electron chi connectivity index (χ4n) is 4.53. The molecule has 0 atom stereocenters. The standard InChI is InChI=1S/C30H34N4O5/c1-5-11-34(12-6-2)26-9-7-20(15-22(26)23-16-21(35)8-10-27(23)36)33-30-24-17-28(38-4)29(39-14-13-37-3)18-25(24)31-19-32-30/h7-10,15-19H,5-6,11-14H2,1-4H3,(H,31,32,33). The minimum Gasteiger partial charge on any atom is -0.493 e. The monoisotopic (exact) mass is 530 g/mol. The second-order valence-corrected chi connectivity index (χ2v) is 9.09. The summed E-state index contributed by atoms with van der Waals surface area (Å²) in [5.41, 5.74) is 3.39. The molecule has 0 unspecified atom stereocenters. The van der Waals surface area contributed by atoms with E-state index in [-0.39, 0.29) is 11.6 Å². The molecule has 0 amide bonds.